The van der Waals surface area contributed by atoms with Crippen molar-refractivity contribution in [2.24, 2.45) is 0 Å². The first-order valence-corrected chi connectivity index (χ1v) is 7.23. The summed E-state index contributed by atoms with van der Waals surface area (Å²) in [5.41, 5.74) is -1.82. The minimum absolute atomic E-state index is 0.353. The van der Waals surface area contributed by atoms with E-state index in [0.29, 0.717) is 11.5 Å². The lowest BCUT2D eigenvalue weighted by atomic mass is 10.1. The maximum Gasteiger partial charge on any atom is 0.408 e. The van der Waals surface area contributed by atoms with Gasteiger partial charge < -0.3 is 15.2 Å². The van der Waals surface area contributed by atoms with Crippen LogP contribution in [0.5, 0.6) is 0 Å². The molecular formula is C9H15NO4S2. The standard InChI is InChI=1S/C9H15NO4S2/c1-8(2,3)14-7(13)10-9(6(11)12)4-15-16-5-9/h4-5H2,1-3H3,(H,10,13)(H,11,12). The van der Waals surface area contributed by atoms with Crippen molar-refractivity contribution in [1.29, 1.82) is 0 Å². The van der Waals surface area contributed by atoms with E-state index in [9.17, 15) is 9.59 Å². The Labute approximate surface area is 102 Å². The van der Waals surface area contributed by atoms with E-state index in [1.54, 1.807) is 20.8 Å². The van der Waals surface area contributed by atoms with Gasteiger partial charge in [-0.3, -0.25) is 0 Å². The summed E-state index contributed by atoms with van der Waals surface area (Å²) in [4.78, 5) is 22.6. The maximum atomic E-state index is 11.5. The van der Waals surface area contributed by atoms with Crippen molar-refractivity contribution >= 4 is 33.7 Å². The van der Waals surface area contributed by atoms with E-state index in [1.807, 2.05) is 0 Å². The van der Waals surface area contributed by atoms with Crippen LogP contribution in [0.15, 0.2) is 0 Å². The van der Waals surface area contributed by atoms with Gasteiger partial charge >= 0.3 is 12.1 Å². The van der Waals surface area contributed by atoms with Gasteiger partial charge in [0.1, 0.15) is 5.60 Å². The van der Waals surface area contributed by atoms with Gasteiger partial charge in [-0.25, -0.2) is 9.59 Å². The summed E-state index contributed by atoms with van der Waals surface area (Å²) in [6.45, 7) is 5.20. The molecule has 0 aromatic rings. The van der Waals surface area contributed by atoms with Crippen molar-refractivity contribution in [2.45, 2.75) is 31.9 Å². The minimum atomic E-state index is -1.20. The predicted molar refractivity (Wildman–Crippen MR) is 64.7 cm³/mol. The molecule has 0 bridgehead atoms. The summed E-state index contributed by atoms with van der Waals surface area (Å²) in [5, 5.41) is 11.6. The van der Waals surface area contributed by atoms with Crippen molar-refractivity contribution in [3.05, 3.63) is 0 Å². The monoisotopic (exact) mass is 265 g/mol. The SMILES string of the molecule is CC(C)(C)OC(=O)NC1(C(=O)O)CSSC1. The fraction of sp³-hybridized carbons (Fsp3) is 0.778. The van der Waals surface area contributed by atoms with Crippen molar-refractivity contribution in [1.82, 2.24) is 5.32 Å². The van der Waals surface area contributed by atoms with Gasteiger partial charge in [0.15, 0.2) is 5.54 Å². The third kappa shape index (κ3) is 3.48. The van der Waals surface area contributed by atoms with Gasteiger partial charge in [0.25, 0.3) is 0 Å². The summed E-state index contributed by atoms with van der Waals surface area (Å²) < 4.78 is 5.04. The Morgan fingerprint density at radius 2 is 1.81 bits per heavy atom. The number of carboxylic acids is 1. The molecule has 1 aliphatic heterocycles. The average Bonchev–Trinajstić information content (AvgIpc) is 2.49. The van der Waals surface area contributed by atoms with Crippen LogP contribution in [-0.4, -0.2) is 39.8 Å². The quantitative estimate of drug-likeness (QED) is 0.741. The van der Waals surface area contributed by atoms with Gasteiger partial charge in [0.05, 0.1) is 0 Å². The summed E-state index contributed by atoms with van der Waals surface area (Å²) in [6.07, 6.45) is -0.682. The second-order valence-corrected chi connectivity index (χ2v) is 7.00. The van der Waals surface area contributed by atoms with E-state index < -0.39 is 23.2 Å². The van der Waals surface area contributed by atoms with E-state index in [2.05, 4.69) is 5.32 Å². The van der Waals surface area contributed by atoms with Crippen LogP contribution in [0.25, 0.3) is 0 Å². The van der Waals surface area contributed by atoms with Crippen LogP contribution < -0.4 is 5.32 Å². The molecule has 0 saturated carbocycles. The maximum absolute atomic E-state index is 11.5. The lowest BCUT2D eigenvalue weighted by Gasteiger charge is -2.26. The minimum Gasteiger partial charge on any atom is -0.479 e. The molecule has 2 N–H and O–H groups in total. The molecule has 0 spiro atoms. The molecule has 5 nitrogen and oxygen atoms in total. The number of amides is 1. The summed E-state index contributed by atoms with van der Waals surface area (Å²) in [5.74, 6) is -0.311. The smallest absolute Gasteiger partial charge is 0.408 e. The summed E-state index contributed by atoms with van der Waals surface area (Å²) in [7, 11) is 2.87. The van der Waals surface area contributed by atoms with Crippen LogP contribution in [0.2, 0.25) is 0 Å². The van der Waals surface area contributed by atoms with Crippen LogP contribution in [0.3, 0.4) is 0 Å². The molecular weight excluding hydrogens is 250 g/mol. The highest BCUT2D eigenvalue weighted by Crippen LogP contribution is 2.37. The van der Waals surface area contributed by atoms with Gasteiger partial charge in [-0.15, -0.1) is 0 Å². The summed E-state index contributed by atoms with van der Waals surface area (Å²) in [6, 6.07) is 0. The van der Waals surface area contributed by atoms with Crippen LogP contribution in [0, 0.1) is 0 Å². The Balaban J connectivity index is 2.63. The fourth-order valence-electron chi connectivity index (χ4n) is 1.07. The van der Waals surface area contributed by atoms with Crippen LogP contribution >= 0.6 is 21.6 Å². The Kier molecular flexibility index (Phi) is 4.01. The number of alkyl carbamates (subject to hydrolysis) is 1. The molecule has 0 aromatic heterocycles. The largest absolute Gasteiger partial charge is 0.479 e. The normalized spacial score (nSPS) is 19.2. The first kappa shape index (κ1) is 13.5. The van der Waals surface area contributed by atoms with E-state index in [0.717, 1.165) is 0 Å². The number of nitrogens with one attached hydrogen (secondary N) is 1. The highest BCUT2D eigenvalue weighted by molar-refractivity contribution is 8.77. The van der Waals surface area contributed by atoms with Crippen LogP contribution in [-0.2, 0) is 9.53 Å². The zero-order chi connectivity index (χ0) is 12.4. The van der Waals surface area contributed by atoms with Crippen molar-refractivity contribution < 1.29 is 19.4 Å². The summed E-state index contributed by atoms with van der Waals surface area (Å²) >= 11 is 0. The molecule has 0 aliphatic carbocycles. The fourth-order valence-corrected chi connectivity index (χ4v) is 4.08. The molecule has 1 saturated heterocycles. The topological polar surface area (TPSA) is 75.6 Å². The lowest BCUT2D eigenvalue weighted by molar-refractivity contribution is -0.142. The second-order valence-electron chi connectivity index (χ2n) is 4.54. The Hall–Kier alpha value is -0.560. The number of ether oxygens (including phenoxy) is 1. The first-order chi connectivity index (χ1) is 7.25. The van der Waals surface area contributed by atoms with Gasteiger partial charge in [-0.2, -0.15) is 0 Å². The Morgan fingerprint density at radius 1 is 1.31 bits per heavy atom. The third-order valence-electron chi connectivity index (χ3n) is 1.84. The lowest BCUT2D eigenvalue weighted by Crippen LogP contribution is -2.57. The average molecular weight is 265 g/mol. The highest BCUT2D eigenvalue weighted by Gasteiger charge is 2.45. The van der Waals surface area contributed by atoms with E-state index in [-0.39, 0.29) is 0 Å². The van der Waals surface area contributed by atoms with E-state index in [1.165, 1.54) is 21.6 Å². The molecule has 0 aromatic carbocycles. The number of carboxylic acid groups (broad SMARTS) is 1. The van der Waals surface area contributed by atoms with Gasteiger partial charge in [-0.05, 0) is 20.8 Å². The predicted octanol–water partition coefficient (Wildman–Crippen LogP) is 1.73. The van der Waals surface area contributed by atoms with Gasteiger partial charge in [0, 0.05) is 11.5 Å². The Morgan fingerprint density at radius 3 is 2.19 bits per heavy atom. The zero-order valence-corrected chi connectivity index (χ0v) is 11.0. The molecule has 1 heterocycles. The number of hydrogen-bond acceptors (Lipinski definition) is 5. The molecule has 1 amide bonds. The Bertz CT molecular complexity index is 294. The zero-order valence-electron chi connectivity index (χ0n) is 9.40. The van der Waals surface area contributed by atoms with Crippen molar-refractivity contribution in [3.63, 3.8) is 0 Å². The molecule has 16 heavy (non-hydrogen) atoms. The first-order valence-electron chi connectivity index (χ1n) is 4.74. The molecule has 1 aliphatic rings. The number of hydrogen-bond donors (Lipinski definition) is 2. The third-order valence-corrected chi connectivity index (χ3v) is 4.44. The molecule has 7 heteroatoms. The van der Waals surface area contributed by atoms with E-state index >= 15 is 0 Å². The molecule has 0 atom stereocenters. The van der Waals surface area contributed by atoms with Crippen LogP contribution in [0.1, 0.15) is 20.8 Å². The van der Waals surface area contributed by atoms with Gasteiger partial charge in [0.2, 0.25) is 0 Å². The molecule has 92 valence electrons. The van der Waals surface area contributed by atoms with Crippen molar-refractivity contribution in [3.8, 4) is 0 Å². The number of aliphatic carboxylic acids is 1. The number of rotatable bonds is 2. The molecule has 0 unspecified atom stereocenters. The number of carbonyl (C=O) groups is 2. The van der Waals surface area contributed by atoms with E-state index in [4.69, 9.17) is 9.84 Å². The molecule has 1 fully saturated rings. The molecule has 1 rings (SSSR count). The number of carbonyl (C=O) groups excluding carboxylic acids is 1. The van der Waals surface area contributed by atoms with Gasteiger partial charge in [-0.1, -0.05) is 21.6 Å². The second kappa shape index (κ2) is 4.75. The van der Waals surface area contributed by atoms with Crippen molar-refractivity contribution in [2.75, 3.05) is 11.5 Å². The molecule has 0 radical (unpaired) electrons. The van der Waals surface area contributed by atoms with Crippen LogP contribution in [0.4, 0.5) is 4.79 Å². The highest BCUT2D eigenvalue weighted by atomic mass is 33.1.